The number of para-hydroxylation sites is 4. The molecule has 0 unspecified atom stereocenters. The Hall–Kier alpha value is -12.4. The molecule has 0 atom stereocenters. The standard InChI is InChI=1S/C110H95BN4/c1-106(2,3)68-50-46-66(47-51-68)87-58-70(108(7,8)9)54-56-95(87)112-99-64-97-89(79-36-22-18-32-75(79)73-30-16-20-34-77(73)83-40-28-42-85-81-38-24-26-44-93(81)114(97)104(83)85)62-91(99)111-92-63-90-80-37-23-19-33-76(80)74-31-17-21-35-78(74)84-41-29-43-86-82-39-25-27-45-94(82)115(105(84)86)98(90)65-100(92)113(102-61-72(110(13,14)15)60-101(112)103(102)111)96-57-55-71(109(10,11)12)59-88(96)67-48-52-69(53-49-67)107(4,5)6/h16-65H,1-15H3. The lowest BCUT2D eigenvalue weighted by molar-refractivity contribution is 0.589. The zero-order chi connectivity index (χ0) is 78.8. The second-order valence-corrected chi connectivity index (χ2v) is 38.0. The van der Waals surface area contributed by atoms with E-state index in [0.717, 1.165) is 45.2 Å². The number of fused-ring (bicyclic) bond motifs is 24. The highest BCUT2D eigenvalue weighted by molar-refractivity contribution is 7.00. The third-order valence-electron chi connectivity index (χ3n) is 25.8. The summed E-state index contributed by atoms with van der Waals surface area (Å²) in [5.74, 6) is 0. The van der Waals surface area contributed by atoms with E-state index in [-0.39, 0.29) is 33.8 Å². The highest BCUT2D eigenvalue weighted by Crippen LogP contribution is 2.54. The summed E-state index contributed by atoms with van der Waals surface area (Å²) in [7, 11) is 0. The molecule has 0 spiro atoms. The minimum atomic E-state index is -0.347. The fourth-order valence-corrected chi connectivity index (χ4v) is 19.8. The second-order valence-electron chi connectivity index (χ2n) is 38.0. The SMILES string of the molecule is CC(C)(C)c1ccc(-c2cc(C(C)(C)C)ccc2N2c3cc4c(cc3B3c5cc6c7ccccc7c7ccccc7c7cccc8c9ccccc9n(c6cc5N(c5ccc(C(C)(C)C)cc5-c5ccc(C(C)(C)C)cc5)c5cc(C(C)(C)C)cc2c53)c78)c2ccccc2c2ccccc2c2cccc3c5ccccc5n4c23)cc1. The molecule has 0 bridgehead atoms. The quantitative estimate of drug-likeness (QED) is 0.163. The van der Waals surface area contributed by atoms with Crippen LogP contribution in [0.3, 0.4) is 0 Å². The van der Waals surface area contributed by atoms with Crippen molar-refractivity contribution in [3.05, 3.63) is 331 Å². The van der Waals surface area contributed by atoms with Crippen LogP contribution in [0.1, 0.15) is 132 Å². The molecule has 0 N–H and O–H groups in total. The van der Waals surface area contributed by atoms with E-state index >= 15 is 0 Å². The molecule has 5 heteroatoms. The van der Waals surface area contributed by atoms with Crippen molar-refractivity contribution in [3.63, 3.8) is 0 Å². The first-order valence-electron chi connectivity index (χ1n) is 41.3. The summed E-state index contributed by atoms with van der Waals surface area (Å²) in [6, 6.07) is 119. The Bertz CT molecular complexity index is 7040. The van der Waals surface area contributed by atoms with Gasteiger partial charge in [0.2, 0.25) is 0 Å². The van der Waals surface area contributed by atoms with Gasteiger partial charge in [-0.1, -0.05) is 347 Å². The number of hydrogen-bond acceptors (Lipinski definition) is 2. The van der Waals surface area contributed by atoms with E-state index < -0.39 is 0 Å². The van der Waals surface area contributed by atoms with Gasteiger partial charge in [-0.3, -0.25) is 0 Å². The van der Waals surface area contributed by atoms with Crippen molar-refractivity contribution in [1.29, 1.82) is 0 Å². The first-order chi connectivity index (χ1) is 55.2. The Kier molecular flexibility index (Phi) is 15.3. The first-order valence-corrected chi connectivity index (χ1v) is 41.3. The maximum Gasteiger partial charge on any atom is 0.252 e. The zero-order valence-electron chi connectivity index (χ0n) is 68.7. The van der Waals surface area contributed by atoms with Crippen LogP contribution < -0.4 is 26.2 Å². The van der Waals surface area contributed by atoms with Crippen LogP contribution in [-0.4, -0.2) is 15.5 Å². The lowest BCUT2D eigenvalue weighted by Gasteiger charge is -2.46. The molecule has 0 amide bonds. The lowest BCUT2D eigenvalue weighted by atomic mass is 9.33. The van der Waals surface area contributed by atoms with Crippen LogP contribution in [0.4, 0.5) is 34.1 Å². The molecule has 558 valence electrons. The Morgan fingerprint density at radius 3 is 0.809 bits per heavy atom. The fraction of sp³-hybridized carbons (Fsp3) is 0.182. The zero-order valence-corrected chi connectivity index (χ0v) is 68.7. The molecule has 115 heavy (non-hydrogen) atoms. The summed E-state index contributed by atoms with van der Waals surface area (Å²) in [5, 5.41) is 19.3. The molecule has 0 fully saturated rings. The van der Waals surface area contributed by atoms with Crippen LogP contribution in [0.5, 0.6) is 0 Å². The number of nitrogens with zero attached hydrogens (tertiary/aromatic N) is 4. The van der Waals surface area contributed by atoms with Crippen LogP contribution in [-0.2, 0) is 27.1 Å². The third-order valence-corrected chi connectivity index (χ3v) is 25.8. The second kappa shape index (κ2) is 25.0. The molecule has 0 saturated carbocycles. The van der Waals surface area contributed by atoms with Crippen molar-refractivity contribution in [2.24, 2.45) is 0 Å². The maximum atomic E-state index is 2.75. The number of benzene rings is 15. The van der Waals surface area contributed by atoms with Crippen molar-refractivity contribution in [2.75, 3.05) is 9.80 Å². The molecular formula is C110H95BN4. The normalized spacial score (nSPS) is 13.5. The Balaban J connectivity index is 1.03. The van der Waals surface area contributed by atoms with Crippen LogP contribution in [0, 0.1) is 0 Å². The molecule has 2 aliphatic rings. The van der Waals surface area contributed by atoms with Gasteiger partial charge in [0.1, 0.15) is 0 Å². The van der Waals surface area contributed by atoms with Crippen molar-refractivity contribution < 1.29 is 0 Å². The molecule has 2 aliphatic heterocycles. The molecule has 0 aliphatic carbocycles. The van der Waals surface area contributed by atoms with Crippen LogP contribution in [0.25, 0.3) is 142 Å². The van der Waals surface area contributed by atoms with E-state index in [0.29, 0.717) is 0 Å². The summed E-state index contributed by atoms with van der Waals surface area (Å²) < 4.78 is 5.31. The minimum Gasteiger partial charge on any atom is -0.311 e. The molecule has 19 aromatic rings. The molecular weight excluding hydrogens is 1390 g/mol. The van der Waals surface area contributed by atoms with Gasteiger partial charge in [-0.25, -0.2) is 0 Å². The minimum absolute atomic E-state index is 0.0507. The van der Waals surface area contributed by atoms with Crippen molar-refractivity contribution >= 4 is 177 Å². The molecule has 21 rings (SSSR count). The largest absolute Gasteiger partial charge is 0.311 e. The average Bonchev–Trinajstić information content (AvgIpc) is 1.50. The fourth-order valence-electron chi connectivity index (χ4n) is 19.8. The highest BCUT2D eigenvalue weighted by Gasteiger charge is 2.46. The van der Waals surface area contributed by atoms with Gasteiger partial charge in [0.05, 0.1) is 44.5 Å². The summed E-state index contributed by atoms with van der Waals surface area (Å²) in [4.78, 5) is 5.51. The van der Waals surface area contributed by atoms with Gasteiger partial charge in [0, 0.05) is 77.0 Å². The molecule has 4 nitrogen and oxygen atoms in total. The summed E-state index contributed by atoms with van der Waals surface area (Å²) in [6.45, 7) is 35.1. The Morgan fingerprint density at radius 1 is 0.200 bits per heavy atom. The molecule has 6 heterocycles. The molecule has 15 aromatic carbocycles. The third kappa shape index (κ3) is 10.8. The van der Waals surface area contributed by atoms with Crippen molar-refractivity contribution in [3.8, 4) is 22.3 Å². The van der Waals surface area contributed by atoms with Crippen molar-refractivity contribution in [2.45, 2.75) is 131 Å². The van der Waals surface area contributed by atoms with Gasteiger partial charge >= 0.3 is 0 Å². The van der Waals surface area contributed by atoms with Gasteiger partial charge < -0.3 is 18.6 Å². The first kappa shape index (κ1) is 70.4. The van der Waals surface area contributed by atoms with Gasteiger partial charge in [-0.05, 0) is 186 Å². The van der Waals surface area contributed by atoms with E-state index in [4.69, 9.17) is 0 Å². The lowest BCUT2D eigenvalue weighted by Crippen LogP contribution is -2.61. The molecule has 0 radical (unpaired) electrons. The highest BCUT2D eigenvalue weighted by atomic mass is 15.2. The van der Waals surface area contributed by atoms with Crippen LogP contribution in [0.2, 0.25) is 0 Å². The van der Waals surface area contributed by atoms with E-state index in [1.165, 1.54) is 175 Å². The van der Waals surface area contributed by atoms with Crippen molar-refractivity contribution in [1.82, 2.24) is 8.80 Å². The summed E-state index contributed by atoms with van der Waals surface area (Å²) >= 11 is 0. The molecule has 4 aromatic heterocycles. The van der Waals surface area contributed by atoms with E-state index in [9.17, 15) is 0 Å². The van der Waals surface area contributed by atoms with Crippen LogP contribution in [0.15, 0.2) is 303 Å². The number of aromatic nitrogens is 2. The Labute approximate surface area is 674 Å². The monoisotopic (exact) mass is 1480 g/mol. The van der Waals surface area contributed by atoms with E-state index in [2.05, 4.69) is 426 Å². The summed E-state index contributed by atoms with van der Waals surface area (Å²) in [6.07, 6.45) is 0. The number of anilines is 6. The predicted molar refractivity (Wildman–Crippen MR) is 499 cm³/mol. The smallest absolute Gasteiger partial charge is 0.252 e. The van der Waals surface area contributed by atoms with Gasteiger partial charge in [0.15, 0.2) is 0 Å². The van der Waals surface area contributed by atoms with Crippen LogP contribution >= 0.6 is 0 Å². The van der Waals surface area contributed by atoms with E-state index in [1.807, 2.05) is 0 Å². The number of hydrogen-bond donors (Lipinski definition) is 0. The molecule has 0 saturated heterocycles. The van der Waals surface area contributed by atoms with Gasteiger partial charge in [0.25, 0.3) is 6.71 Å². The average molecular weight is 1480 g/mol. The topological polar surface area (TPSA) is 15.3 Å². The van der Waals surface area contributed by atoms with E-state index in [1.54, 1.807) is 0 Å². The Morgan fingerprint density at radius 2 is 0.478 bits per heavy atom. The van der Waals surface area contributed by atoms with Gasteiger partial charge in [-0.2, -0.15) is 0 Å². The maximum absolute atomic E-state index is 2.75. The van der Waals surface area contributed by atoms with Gasteiger partial charge in [-0.15, -0.1) is 0 Å². The summed E-state index contributed by atoms with van der Waals surface area (Å²) in [5.41, 5.74) is 27.9. The predicted octanol–water partition coefficient (Wildman–Crippen LogP) is 28.8. The number of rotatable bonds is 4.